The minimum Gasteiger partial charge on any atom is -0.468 e. The van der Waals surface area contributed by atoms with Crippen LogP contribution in [0.3, 0.4) is 0 Å². The number of methoxy groups -OCH3 is 2. The smallest absolute Gasteiger partial charge is 0.320 e. The third-order valence-electron chi connectivity index (χ3n) is 11.7. The van der Waals surface area contributed by atoms with Crippen LogP contribution < -0.4 is 0 Å². The third-order valence-corrected chi connectivity index (χ3v) is 11.7. The number of carbonyl (C=O) groups excluding carboxylic acids is 2. The zero-order valence-corrected chi connectivity index (χ0v) is 22.7. The molecule has 0 bridgehead atoms. The fourth-order valence-corrected chi connectivity index (χ4v) is 10.0. The Bertz CT molecular complexity index is 782. The van der Waals surface area contributed by atoms with E-state index in [0.717, 1.165) is 51.4 Å². The first-order valence-electron chi connectivity index (χ1n) is 14.0. The summed E-state index contributed by atoms with van der Waals surface area (Å²) in [6.07, 6.45) is 8.06. The molecule has 0 amide bonds. The van der Waals surface area contributed by atoms with Crippen LogP contribution >= 0.6 is 0 Å². The highest BCUT2D eigenvalue weighted by molar-refractivity contribution is 5.94. The minimum atomic E-state index is -0.878. The third kappa shape index (κ3) is 4.24. The van der Waals surface area contributed by atoms with Crippen molar-refractivity contribution in [2.75, 3.05) is 14.2 Å². The highest BCUT2D eigenvalue weighted by Gasteiger charge is 2.65. The molecule has 3 unspecified atom stereocenters. The van der Waals surface area contributed by atoms with Crippen molar-refractivity contribution in [2.24, 2.45) is 58.2 Å². The predicted octanol–water partition coefficient (Wildman–Crippen LogP) is 4.60. The Kier molecular flexibility index (Phi) is 7.66. The Morgan fingerprint density at radius 2 is 1.51 bits per heavy atom. The van der Waals surface area contributed by atoms with Crippen molar-refractivity contribution in [3.63, 3.8) is 0 Å². The average molecular weight is 493 g/mol. The summed E-state index contributed by atoms with van der Waals surface area (Å²) < 4.78 is 9.84. The number of carbonyl (C=O) groups is 2. The molecular formula is C29H48O6. The highest BCUT2D eigenvalue weighted by Crippen LogP contribution is 2.69. The second kappa shape index (κ2) is 9.96. The van der Waals surface area contributed by atoms with E-state index in [1.165, 1.54) is 14.2 Å². The zero-order chi connectivity index (χ0) is 25.7. The summed E-state index contributed by atoms with van der Waals surface area (Å²) >= 11 is 0. The van der Waals surface area contributed by atoms with Crippen LogP contribution in [0, 0.1) is 58.2 Å². The maximum atomic E-state index is 12.3. The largest absolute Gasteiger partial charge is 0.468 e. The molecule has 0 aromatic carbocycles. The summed E-state index contributed by atoms with van der Waals surface area (Å²) in [6, 6.07) is 0. The fourth-order valence-electron chi connectivity index (χ4n) is 10.0. The van der Waals surface area contributed by atoms with Gasteiger partial charge in [0, 0.05) is 0 Å². The van der Waals surface area contributed by atoms with Crippen LogP contribution in [-0.4, -0.2) is 48.6 Å². The summed E-state index contributed by atoms with van der Waals surface area (Å²) in [7, 11) is 2.65. The number of rotatable bonds is 6. The van der Waals surface area contributed by atoms with Gasteiger partial charge < -0.3 is 19.7 Å². The SMILES string of the molecule is CC[C@H]1[C@@H](O)C2C3CC[C@H]([C@H](C)CC(C(=O)OC)C(=O)OC)[C@@]3(C)CCC2[C@@]2(C)CC[C@@H](O)C[C@@H]12. The molecule has 4 saturated carbocycles. The first-order chi connectivity index (χ1) is 16.5. The van der Waals surface area contributed by atoms with Crippen LogP contribution in [0.4, 0.5) is 0 Å². The number of ether oxygens (including phenoxy) is 2. The van der Waals surface area contributed by atoms with Gasteiger partial charge >= 0.3 is 11.9 Å². The van der Waals surface area contributed by atoms with Crippen LogP contribution in [-0.2, 0) is 19.1 Å². The van der Waals surface area contributed by atoms with Crippen LogP contribution in [0.1, 0.15) is 85.5 Å². The zero-order valence-electron chi connectivity index (χ0n) is 22.7. The second-order valence-corrected chi connectivity index (χ2v) is 12.9. The Hall–Kier alpha value is -1.14. The molecule has 0 radical (unpaired) electrons. The maximum absolute atomic E-state index is 12.3. The Morgan fingerprint density at radius 3 is 2.11 bits per heavy atom. The molecule has 6 heteroatoms. The van der Waals surface area contributed by atoms with E-state index in [-0.39, 0.29) is 34.9 Å². The van der Waals surface area contributed by atoms with Crippen molar-refractivity contribution in [2.45, 2.75) is 97.7 Å². The fraction of sp³-hybridized carbons (Fsp3) is 0.931. The normalized spacial score (nSPS) is 45.7. The Morgan fingerprint density at radius 1 is 0.914 bits per heavy atom. The first kappa shape index (κ1) is 26.9. The van der Waals surface area contributed by atoms with E-state index in [4.69, 9.17) is 9.47 Å². The van der Waals surface area contributed by atoms with Crippen LogP contribution in [0.25, 0.3) is 0 Å². The molecule has 35 heavy (non-hydrogen) atoms. The van der Waals surface area contributed by atoms with E-state index >= 15 is 0 Å². The van der Waals surface area contributed by atoms with Crippen LogP contribution in [0.5, 0.6) is 0 Å². The molecule has 0 aromatic heterocycles. The van der Waals surface area contributed by atoms with Gasteiger partial charge in [-0.15, -0.1) is 0 Å². The topological polar surface area (TPSA) is 93.1 Å². The molecule has 200 valence electrons. The van der Waals surface area contributed by atoms with Crippen LogP contribution in [0.2, 0.25) is 0 Å². The van der Waals surface area contributed by atoms with Gasteiger partial charge in [-0.3, -0.25) is 9.59 Å². The lowest BCUT2D eigenvalue weighted by atomic mass is 9.41. The molecule has 0 saturated heterocycles. The summed E-state index contributed by atoms with van der Waals surface area (Å²) in [5.41, 5.74) is 0.281. The summed E-state index contributed by atoms with van der Waals surface area (Å²) in [5.74, 6) is 0.572. The molecule has 6 nitrogen and oxygen atoms in total. The van der Waals surface area contributed by atoms with Gasteiger partial charge in [0.05, 0.1) is 26.4 Å². The van der Waals surface area contributed by atoms with Crippen molar-refractivity contribution in [1.29, 1.82) is 0 Å². The van der Waals surface area contributed by atoms with Crippen molar-refractivity contribution >= 4 is 11.9 Å². The van der Waals surface area contributed by atoms with E-state index in [1.54, 1.807) is 0 Å². The van der Waals surface area contributed by atoms with Gasteiger partial charge in [-0.1, -0.05) is 34.1 Å². The van der Waals surface area contributed by atoms with Gasteiger partial charge in [-0.2, -0.15) is 0 Å². The van der Waals surface area contributed by atoms with E-state index in [9.17, 15) is 19.8 Å². The molecule has 11 atom stereocenters. The van der Waals surface area contributed by atoms with Gasteiger partial charge in [0.1, 0.15) is 0 Å². The second-order valence-electron chi connectivity index (χ2n) is 12.9. The maximum Gasteiger partial charge on any atom is 0.320 e. The summed E-state index contributed by atoms with van der Waals surface area (Å²) in [5, 5.41) is 22.3. The first-order valence-corrected chi connectivity index (χ1v) is 14.0. The molecule has 4 aliphatic rings. The van der Waals surface area contributed by atoms with E-state index in [1.807, 2.05) is 0 Å². The van der Waals surface area contributed by atoms with Crippen LogP contribution in [0.15, 0.2) is 0 Å². The van der Waals surface area contributed by atoms with E-state index in [2.05, 4.69) is 27.7 Å². The van der Waals surface area contributed by atoms with E-state index < -0.39 is 17.9 Å². The number of hydrogen-bond donors (Lipinski definition) is 2. The molecule has 0 spiro atoms. The number of aliphatic hydroxyl groups excluding tert-OH is 2. The average Bonchev–Trinajstić information content (AvgIpc) is 3.20. The summed E-state index contributed by atoms with van der Waals surface area (Å²) in [6.45, 7) is 9.26. The highest BCUT2D eigenvalue weighted by atomic mass is 16.5. The predicted molar refractivity (Wildman–Crippen MR) is 133 cm³/mol. The molecule has 4 rings (SSSR count). The van der Waals surface area contributed by atoms with Crippen molar-refractivity contribution in [3.05, 3.63) is 0 Å². The molecular weight excluding hydrogens is 444 g/mol. The minimum absolute atomic E-state index is 0.0913. The number of hydrogen-bond acceptors (Lipinski definition) is 6. The van der Waals surface area contributed by atoms with Gasteiger partial charge in [0.2, 0.25) is 0 Å². The molecule has 0 aliphatic heterocycles. The number of fused-ring (bicyclic) bond motifs is 5. The van der Waals surface area contributed by atoms with Gasteiger partial charge in [-0.05, 0) is 104 Å². The molecule has 0 aromatic rings. The lowest BCUT2D eigenvalue weighted by Crippen LogP contribution is -2.62. The Balaban J connectivity index is 1.59. The van der Waals surface area contributed by atoms with Gasteiger partial charge in [0.15, 0.2) is 5.92 Å². The lowest BCUT2D eigenvalue weighted by Gasteiger charge is -2.64. The number of aliphatic hydroxyl groups is 2. The molecule has 2 N–H and O–H groups in total. The van der Waals surface area contributed by atoms with Crippen molar-refractivity contribution in [3.8, 4) is 0 Å². The lowest BCUT2D eigenvalue weighted by molar-refractivity contribution is -0.203. The summed E-state index contributed by atoms with van der Waals surface area (Å²) in [4.78, 5) is 24.7. The molecule has 0 heterocycles. The van der Waals surface area contributed by atoms with Crippen molar-refractivity contribution in [1.82, 2.24) is 0 Å². The molecule has 4 fully saturated rings. The quantitative estimate of drug-likeness (QED) is 0.416. The van der Waals surface area contributed by atoms with E-state index in [0.29, 0.717) is 36.0 Å². The monoisotopic (exact) mass is 492 g/mol. The van der Waals surface area contributed by atoms with Gasteiger partial charge in [-0.25, -0.2) is 0 Å². The Labute approximate surface area is 211 Å². The van der Waals surface area contributed by atoms with Crippen molar-refractivity contribution < 1.29 is 29.3 Å². The van der Waals surface area contributed by atoms with Gasteiger partial charge in [0.25, 0.3) is 0 Å². The number of esters is 2. The molecule has 4 aliphatic carbocycles. The standard InChI is InChI=1S/C29H48O6/c1-7-18-23-15-17(30)10-12-29(23,4)22-11-13-28(3)20(8-9-21(28)24(22)25(18)31)16(2)14-19(26(32)34-5)27(33)35-6/h16-25,30-31H,7-15H2,1-6H3/t16-,17-,18-,20-,21?,22?,23+,24?,25-,28-,29-/m1/s1.